The van der Waals surface area contributed by atoms with Crippen LogP contribution >= 0.6 is 0 Å². The fourth-order valence-electron chi connectivity index (χ4n) is 5.31. The molecule has 4 heterocycles. The monoisotopic (exact) mass is 1160 g/mol. The standard InChI is InChI=1S/2C20H21N3O2.4C2H3N.2ClHO4.2Cu/c2*1-25-19-8-9-20(24)16(12-19)13-23(14-17-6-2-4-10-21-17)15-18-7-3-5-11-22-18;4*1-2-3;2*2-1(3,4)5;;/h2*2-12,24H,13-15H2,1H3;4*1H3;2*(H,2,3,4,5);;/q;;;;;;;;2*+2/p-4. The van der Waals surface area contributed by atoms with Crippen molar-refractivity contribution in [2.24, 2.45) is 0 Å². The molecular weight excluding hydrogens is 1110 g/mol. The van der Waals surface area contributed by atoms with Gasteiger partial charge >= 0.3 is 34.1 Å². The molecule has 0 amide bonds. The summed E-state index contributed by atoms with van der Waals surface area (Å²) >= 11 is 0. The maximum atomic E-state index is 12.2. The SMILES string of the molecule is CC#N.CC#N.CC#N.CC#N.COc1ccc([O-])c(CN(Cc2ccccn2)Cc2ccccn2)c1.COc1ccc([O-])c(CN(Cc2ccccn2)Cc2ccccn2)c1.[Cu+2].[Cu+2].[O-][Cl+3]([O-])([O-])[O-].[O-][Cl+3]([O-])([O-])[O-]. The van der Waals surface area contributed by atoms with Gasteiger partial charge in [0, 0.05) is 91.8 Å². The molecule has 6 aromatic rings. The summed E-state index contributed by atoms with van der Waals surface area (Å²) in [5.74, 6) is 1.39. The number of ether oxygens (including phenoxy) is 2. The van der Waals surface area contributed by atoms with Gasteiger partial charge in [0.05, 0.1) is 61.3 Å². The van der Waals surface area contributed by atoms with Crippen LogP contribution in [0.4, 0.5) is 0 Å². The van der Waals surface area contributed by atoms with Crippen LogP contribution in [0.1, 0.15) is 61.6 Å². The summed E-state index contributed by atoms with van der Waals surface area (Å²) in [4.78, 5) is 21.9. The second-order valence-corrected chi connectivity index (χ2v) is 14.7. The summed E-state index contributed by atoms with van der Waals surface area (Å²) in [6.45, 7) is 9.26. The zero-order chi connectivity index (χ0) is 54.8. The topological polar surface area (TPSA) is 402 Å². The van der Waals surface area contributed by atoms with E-state index >= 15 is 0 Å². The molecule has 0 aliphatic carbocycles. The van der Waals surface area contributed by atoms with Gasteiger partial charge in [-0.2, -0.15) is 21.0 Å². The maximum Gasteiger partial charge on any atom is 2.00 e. The molecule has 0 N–H and O–H groups in total. The van der Waals surface area contributed by atoms with Crippen molar-refractivity contribution in [3.8, 4) is 47.3 Å². The minimum absolute atomic E-state index is 0. The molecule has 0 spiro atoms. The number of benzene rings is 2. The van der Waals surface area contributed by atoms with Crippen molar-refractivity contribution in [2.75, 3.05) is 14.2 Å². The smallest absolute Gasteiger partial charge is 0.872 e. The third kappa shape index (κ3) is 43.0. The fourth-order valence-corrected chi connectivity index (χ4v) is 5.31. The molecule has 6 rings (SSSR count). The molecule has 0 fully saturated rings. The fraction of sp³-hybridized carbons (Fsp3) is 0.250. The molecule has 402 valence electrons. The van der Waals surface area contributed by atoms with Crippen LogP contribution in [0, 0.1) is 65.8 Å². The van der Waals surface area contributed by atoms with E-state index in [-0.39, 0.29) is 45.6 Å². The largest absolute Gasteiger partial charge is 2.00 e. The molecule has 74 heavy (non-hydrogen) atoms. The van der Waals surface area contributed by atoms with E-state index in [1.807, 2.05) is 72.8 Å². The summed E-state index contributed by atoms with van der Waals surface area (Å²) in [7, 11) is -6.69. The summed E-state index contributed by atoms with van der Waals surface area (Å²) in [5.41, 5.74) is 5.21. The van der Waals surface area contributed by atoms with E-state index in [1.54, 1.807) is 99.7 Å². The molecule has 26 heteroatoms. The Labute approximate surface area is 456 Å². The second-order valence-electron chi connectivity index (χ2n) is 13.2. The number of hydrogen-bond acceptors (Lipinski definition) is 22. The minimum atomic E-state index is -4.94. The number of nitrogens with zero attached hydrogens (tertiary/aromatic N) is 10. The van der Waals surface area contributed by atoms with Crippen LogP contribution < -0.4 is 57.0 Å². The third-order valence-electron chi connectivity index (χ3n) is 7.77. The van der Waals surface area contributed by atoms with Gasteiger partial charge in [0.1, 0.15) is 11.5 Å². The van der Waals surface area contributed by atoms with Crippen LogP contribution in [0.5, 0.6) is 23.0 Å². The summed E-state index contributed by atoms with van der Waals surface area (Å²) < 4.78 is 78.4. The zero-order valence-corrected chi connectivity index (χ0v) is 44.1. The number of methoxy groups -OCH3 is 2. The normalized spacial score (nSPS) is 9.35. The van der Waals surface area contributed by atoms with Crippen LogP contribution in [0.25, 0.3) is 0 Å². The summed E-state index contributed by atoms with van der Waals surface area (Å²) in [6.07, 6.45) is 7.11. The van der Waals surface area contributed by atoms with Crippen molar-refractivity contribution in [3.05, 3.63) is 168 Å². The first-order valence-corrected chi connectivity index (χ1v) is 22.8. The first-order chi connectivity index (χ1) is 34.1. The Morgan fingerprint density at radius 2 is 0.635 bits per heavy atom. The van der Waals surface area contributed by atoms with Gasteiger partial charge < -0.3 is 19.7 Å². The van der Waals surface area contributed by atoms with Crippen molar-refractivity contribution in [1.29, 1.82) is 21.0 Å². The molecule has 0 unspecified atom stereocenters. The number of pyridine rings is 4. The minimum Gasteiger partial charge on any atom is -0.872 e. The molecule has 0 saturated heterocycles. The van der Waals surface area contributed by atoms with E-state index < -0.39 is 20.5 Å². The van der Waals surface area contributed by atoms with Gasteiger partial charge in [0.15, 0.2) is 0 Å². The van der Waals surface area contributed by atoms with Gasteiger partial charge in [-0.15, -0.1) is 32.0 Å². The average Bonchev–Trinajstić information content (AvgIpc) is 3.32. The number of nitriles is 4. The van der Waals surface area contributed by atoms with Gasteiger partial charge in [-0.25, -0.2) is 37.3 Å². The van der Waals surface area contributed by atoms with Crippen LogP contribution in [-0.4, -0.2) is 44.0 Å². The van der Waals surface area contributed by atoms with E-state index in [2.05, 4.69) is 29.7 Å². The molecule has 2 aromatic carbocycles. The summed E-state index contributed by atoms with van der Waals surface area (Å²) in [6, 6.07) is 40.4. The van der Waals surface area contributed by atoms with Crippen LogP contribution in [0.2, 0.25) is 0 Å². The Kier molecular flexibility index (Phi) is 45.0. The van der Waals surface area contributed by atoms with E-state index in [1.165, 1.54) is 27.7 Å². The average molecular weight is 1160 g/mol. The van der Waals surface area contributed by atoms with Crippen LogP contribution in [-0.2, 0) is 73.4 Å². The first kappa shape index (κ1) is 73.9. The van der Waals surface area contributed by atoms with Gasteiger partial charge in [0.2, 0.25) is 0 Å². The Morgan fingerprint density at radius 1 is 0.419 bits per heavy atom. The zero-order valence-electron chi connectivity index (χ0n) is 40.7. The summed E-state index contributed by atoms with van der Waals surface area (Å²) in [5, 5.41) is 53.7. The Morgan fingerprint density at radius 3 is 0.811 bits per heavy atom. The molecule has 22 nitrogen and oxygen atoms in total. The predicted octanol–water partition coefficient (Wildman–Crippen LogP) is -1.88. The third-order valence-corrected chi connectivity index (χ3v) is 7.77. The van der Waals surface area contributed by atoms with Gasteiger partial charge in [-0.3, -0.25) is 29.7 Å². The number of rotatable bonds is 14. The predicted molar refractivity (Wildman–Crippen MR) is 233 cm³/mol. The van der Waals surface area contributed by atoms with Gasteiger partial charge in [0.25, 0.3) is 0 Å². The van der Waals surface area contributed by atoms with Crippen molar-refractivity contribution in [2.45, 2.75) is 67.0 Å². The van der Waals surface area contributed by atoms with Gasteiger partial charge in [-0.05, 0) is 83.9 Å². The number of halogens is 2. The van der Waals surface area contributed by atoms with E-state index in [4.69, 9.17) is 67.8 Å². The van der Waals surface area contributed by atoms with E-state index in [0.29, 0.717) is 61.9 Å². The van der Waals surface area contributed by atoms with Gasteiger partial charge in [-0.1, -0.05) is 36.4 Å². The molecular formula is C48H52Cl2Cu2N10O12. The molecule has 0 saturated carbocycles. The van der Waals surface area contributed by atoms with Crippen LogP contribution in [0.15, 0.2) is 134 Å². The van der Waals surface area contributed by atoms with E-state index in [0.717, 1.165) is 22.8 Å². The van der Waals surface area contributed by atoms with Crippen molar-refractivity contribution < 1.29 is 112 Å². The molecule has 2 radical (unpaired) electrons. The Hall–Kier alpha value is -6.58. The molecule has 0 aliphatic rings. The quantitative estimate of drug-likeness (QED) is 0.108. The first-order valence-electron chi connectivity index (χ1n) is 20.3. The molecule has 0 aliphatic heterocycles. The van der Waals surface area contributed by atoms with E-state index in [9.17, 15) is 10.2 Å². The maximum absolute atomic E-state index is 12.2. The molecule has 0 bridgehead atoms. The van der Waals surface area contributed by atoms with Crippen molar-refractivity contribution in [1.82, 2.24) is 29.7 Å². The Balaban J connectivity index is -0.000000466. The van der Waals surface area contributed by atoms with Crippen molar-refractivity contribution in [3.63, 3.8) is 0 Å². The van der Waals surface area contributed by atoms with Crippen molar-refractivity contribution >= 4 is 0 Å². The second kappa shape index (κ2) is 45.1. The number of aromatic nitrogens is 4. The Bertz CT molecular complexity index is 2210. The van der Waals surface area contributed by atoms with Crippen LogP contribution in [0.3, 0.4) is 0 Å². The molecule has 4 aromatic heterocycles. The molecule has 0 atom stereocenters. The number of hydrogen-bond donors (Lipinski definition) is 0.